The number of benzene rings is 1. The average Bonchev–Trinajstić information content (AvgIpc) is 2.62. The zero-order valence-corrected chi connectivity index (χ0v) is 17.1. The van der Waals surface area contributed by atoms with E-state index in [9.17, 15) is 14.7 Å². The Balaban J connectivity index is 2.05. The number of aryl methyl sites for hydroxylation is 2. The van der Waals surface area contributed by atoms with E-state index in [1.165, 1.54) is 19.6 Å². The number of methoxy groups -OCH3 is 1. The summed E-state index contributed by atoms with van der Waals surface area (Å²) in [4.78, 5) is 25.9. The molecule has 1 aromatic carbocycles. The number of carbonyl (C=O) groups is 1. The van der Waals surface area contributed by atoms with Crippen molar-refractivity contribution in [2.45, 2.75) is 46.6 Å². The number of nitrogens with zero attached hydrogens (tertiary/aromatic N) is 1. The summed E-state index contributed by atoms with van der Waals surface area (Å²) < 4.78 is 10.2. The van der Waals surface area contributed by atoms with Crippen molar-refractivity contribution in [3.63, 3.8) is 0 Å². The number of aromatic hydroxyl groups is 1. The summed E-state index contributed by atoms with van der Waals surface area (Å²) in [5.74, 6) is 0.939. The van der Waals surface area contributed by atoms with Gasteiger partial charge in [-0.3, -0.25) is 9.69 Å². The number of rotatable bonds is 5. The van der Waals surface area contributed by atoms with Crippen LogP contribution in [-0.4, -0.2) is 36.2 Å². The molecule has 0 bridgehead atoms. The first kappa shape index (κ1) is 20.4. The van der Waals surface area contributed by atoms with Crippen molar-refractivity contribution in [2.75, 3.05) is 20.2 Å². The predicted octanol–water partition coefficient (Wildman–Crippen LogP) is 3.39. The first-order chi connectivity index (χ1) is 13.3. The van der Waals surface area contributed by atoms with Gasteiger partial charge in [0, 0.05) is 37.5 Å². The molecule has 28 heavy (non-hydrogen) atoms. The minimum Gasteiger partial charge on any atom is -0.507 e. The van der Waals surface area contributed by atoms with Gasteiger partial charge in [0.15, 0.2) is 0 Å². The van der Waals surface area contributed by atoms with E-state index in [-0.39, 0.29) is 18.1 Å². The molecule has 0 spiro atoms. The number of hydrogen-bond acceptors (Lipinski definition) is 6. The maximum absolute atomic E-state index is 12.0. The van der Waals surface area contributed by atoms with Gasteiger partial charge in [-0.05, 0) is 48.8 Å². The Hall–Kier alpha value is -2.34. The van der Waals surface area contributed by atoms with E-state index in [0.717, 1.165) is 24.0 Å². The van der Waals surface area contributed by atoms with E-state index in [4.69, 9.17) is 9.15 Å². The maximum Gasteiger partial charge on any atom is 0.336 e. The van der Waals surface area contributed by atoms with Crippen molar-refractivity contribution in [3.8, 4) is 5.75 Å². The summed E-state index contributed by atoms with van der Waals surface area (Å²) in [5.41, 5.74) is 2.11. The third kappa shape index (κ3) is 4.38. The molecule has 0 radical (unpaired) electrons. The molecule has 0 amide bonds. The molecule has 3 rings (SSSR count). The molecule has 6 heteroatoms. The third-order valence-corrected chi connectivity index (χ3v) is 5.54. The summed E-state index contributed by atoms with van der Waals surface area (Å²) in [6, 6.07) is 3.27. The van der Waals surface area contributed by atoms with Crippen LogP contribution >= 0.6 is 0 Å². The second-order valence-electron chi connectivity index (χ2n) is 8.20. The van der Waals surface area contributed by atoms with Crippen LogP contribution in [0, 0.1) is 18.8 Å². The summed E-state index contributed by atoms with van der Waals surface area (Å²) in [7, 11) is 1.35. The molecule has 1 aliphatic rings. The van der Waals surface area contributed by atoms with Crippen LogP contribution in [0.2, 0.25) is 0 Å². The fraction of sp³-hybridized carbons (Fsp3) is 0.545. The van der Waals surface area contributed by atoms with Crippen molar-refractivity contribution < 1.29 is 19.1 Å². The fourth-order valence-corrected chi connectivity index (χ4v) is 4.39. The number of ether oxygens (including phenoxy) is 1. The monoisotopic (exact) mass is 387 g/mol. The Bertz CT molecular complexity index is 923. The Kier molecular flexibility index (Phi) is 6.08. The fourth-order valence-electron chi connectivity index (χ4n) is 4.39. The molecule has 0 saturated carbocycles. The minimum absolute atomic E-state index is 0.107. The van der Waals surface area contributed by atoms with Crippen LogP contribution in [0.15, 0.2) is 21.3 Å². The molecule has 1 N–H and O–H groups in total. The zero-order valence-electron chi connectivity index (χ0n) is 17.1. The number of carbonyl (C=O) groups excluding carboxylic acids is 1. The highest BCUT2D eigenvalue weighted by molar-refractivity contribution is 5.86. The number of hydrogen-bond donors (Lipinski definition) is 1. The van der Waals surface area contributed by atoms with Crippen molar-refractivity contribution in [3.05, 3.63) is 39.2 Å². The number of esters is 1. The van der Waals surface area contributed by atoms with E-state index >= 15 is 0 Å². The lowest BCUT2D eigenvalue weighted by Crippen LogP contribution is -2.38. The van der Waals surface area contributed by atoms with E-state index < -0.39 is 5.63 Å². The van der Waals surface area contributed by atoms with Crippen LogP contribution in [0.1, 0.15) is 43.4 Å². The Morgan fingerprint density at radius 1 is 1.29 bits per heavy atom. The molecule has 6 nitrogen and oxygen atoms in total. The van der Waals surface area contributed by atoms with Crippen molar-refractivity contribution >= 4 is 16.9 Å². The SMILES string of the molecule is COC(=O)CCc1cc2c(C)cc(=O)oc2c(CN2CC(C)CC(C)C2)c1O. The van der Waals surface area contributed by atoms with E-state index in [1.807, 2.05) is 13.0 Å². The first-order valence-electron chi connectivity index (χ1n) is 9.85. The molecule has 152 valence electrons. The molecular formula is C22H29NO5. The van der Waals surface area contributed by atoms with Crippen LogP contribution in [0.5, 0.6) is 5.75 Å². The van der Waals surface area contributed by atoms with Gasteiger partial charge in [-0.15, -0.1) is 0 Å². The summed E-state index contributed by atoms with van der Waals surface area (Å²) in [6.45, 7) is 8.71. The second-order valence-corrected chi connectivity index (χ2v) is 8.20. The summed E-state index contributed by atoms with van der Waals surface area (Å²) >= 11 is 0. The highest BCUT2D eigenvalue weighted by Gasteiger charge is 2.25. The average molecular weight is 387 g/mol. The second kappa shape index (κ2) is 8.35. The molecule has 2 heterocycles. The Morgan fingerprint density at radius 3 is 2.61 bits per heavy atom. The van der Waals surface area contributed by atoms with E-state index in [1.54, 1.807) is 0 Å². The van der Waals surface area contributed by atoms with Crippen LogP contribution < -0.4 is 5.63 Å². The van der Waals surface area contributed by atoms with Gasteiger partial charge in [-0.25, -0.2) is 4.79 Å². The molecule has 0 aliphatic carbocycles. The van der Waals surface area contributed by atoms with Gasteiger partial charge in [0.2, 0.25) is 0 Å². The molecule has 2 atom stereocenters. The van der Waals surface area contributed by atoms with Crippen molar-refractivity contribution in [2.24, 2.45) is 11.8 Å². The standard InChI is InChI=1S/C22H29NO5/c1-13-7-14(2)11-23(10-13)12-18-21(26)16(5-6-19(24)27-4)9-17-15(3)8-20(25)28-22(17)18/h8-9,13-14,26H,5-7,10-12H2,1-4H3. The zero-order chi connectivity index (χ0) is 20.4. The summed E-state index contributed by atoms with van der Waals surface area (Å²) in [6.07, 6.45) is 1.74. The molecule has 1 aliphatic heterocycles. The molecule has 2 aromatic rings. The number of fused-ring (bicyclic) bond motifs is 1. The van der Waals surface area contributed by atoms with Crippen LogP contribution in [-0.2, 0) is 22.5 Å². The van der Waals surface area contributed by atoms with Gasteiger partial charge in [-0.1, -0.05) is 13.8 Å². The van der Waals surface area contributed by atoms with E-state index in [0.29, 0.717) is 41.5 Å². The van der Waals surface area contributed by atoms with Gasteiger partial charge >= 0.3 is 11.6 Å². The lowest BCUT2D eigenvalue weighted by atomic mass is 9.91. The van der Waals surface area contributed by atoms with Gasteiger partial charge in [0.1, 0.15) is 11.3 Å². The van der Waals surface area contributed by atoms with Crippen LogP contribution in [0.25, 0.3) is 11.0 Å². The van der Waals surface area contributed by atoms with Gasteiger partial charge in [0.05, 0.1) is 12.7 Å². The number of phenols is 1. The maximum atomic E-state index is 12.0. The molecule has 1 saturated heterocycles. The lowest BCUT2D eigenvalue weighted by molar-refractivity contribution is -0.140. The highest BCUT2D eigenvalue weighted by Crippen LogP contribution is 2.35. The van der Waals surface area contributed by atoms with Gasteiger partial charge in [0.25, 0.3) is 0 Å². The minimum atomic E-state index is -0.423. The predicted molar refractivity (Wildman–Crippen MR) is 107 cm³/mol. The first-order valence-corrected chi connectivity index (χ1v) is 9.85. The Labute approximate surface area is 165 Å². The normalized spacial score (nSPS) is 20.4. The third-order valence-electron chi connectivity index (χ3n) is 5.54. The largest absolute Gasteiger partial charge is 0.507 e. The van der Waals surface area contributed by atoms with Gasteiger partial charge < -0.3 is 14.3 Å². The van der Waals surface area contributed by atoms with Crippen LogP contribution in [0.4, 0.5) is 0 Å². The summed E-state index contributed by atoms with van der Waals surface area (Å²) in [5, 5.41) is 11.8. The highest BCUT2D eigenvalue weighted by atomic mass is 16.5. The quantitative estimate of drug-likeness (QED) is 0.626. The Morgan fingerprint density at radius 2 is 1.96 bits per heavy atom. The smallest absolute Gasteiger partial charge is 0.336 e. The van der Waals surface area contributed by atoms with Crippen molar-refractivity contribution in [1.29, 1.82) is 0 Å². The van der Waals surface area contributed by atoms with Gasteiger partial charge in [-0.2, -0.15) is 0 Å². The topological polar surface area (TPSA) is 80.0 Å². The lowest BCUT2D eigenvalue weighted by Gasteiger charge is -2.35. The number of phenolic OH excluding ortho intramolecular Hbond substituents is 1. The molecular weight excluding hydrogens is 358 g/mol. The van der Waals surface area contributed by atoms with Crippen LogP contribution in [0.3, 0.4) is 0 Å². The molecule has 1 aromatic heterocycles. The van der Waals surface area contributed by atoms with E-state index in [2.05, 4.69) is 18.7 Å². The molecule has 1 fully saturated rings. The number of piperidine rings is 1. The molecule has 2 unspecified atom stereocenters. The number of likely N-dealkylation sites (tertiary alicyclic amines) is 1. The van der Waals surface area contributed by atoms with Crippen molar-refractivity contribution in [1.82, 2.24) is 4.90 Å².